The Morgan fingerprint density at radius 2 is 1.96 bits per heavy atom. The summed E-state index contributed by atoms with van der Waals surface area (Å²) in [6, 6.07) is 0.660. The highest BCUT2D eigenvalue weighted by molar-refractivity contribution is 14.0. The third-order valence-electron chi connectivity index (χ3n) is 6.09. The summed E-state index contributed by atoms with van der Waals surface area (Å²) < 4.78 is 0. The molecule has 0 aromatic rings. The zero-order chi connectivity index (χ0) is 15.4. The van der Waals surface area contributed by atoms with Crippen molar-refractivity contribution in [2.75, 3.05) is 39.3 Å². The number of nitrogens with zero attached hydrogens (tertiary/aromatic N) is 3. The molecule has 3 aliphatic rings. The Bertz CT molecular complexity index is 394. The third-order valence-corrected chi connectivity index (χ3v) is 6.09. The van der Waals surface area contributed by atoms with Gasteiger partial charge >= 0.3 is 0 Å². The van der Waals surface area contributed by atoms with Crippen molar-refractivity contribution in [3.63, 3.8) is 0 Å². The van der Waals surface area contributed by atoms with Crippen molar-refractivity contribution < 1.29 is 0 Å². The van der Waals surface area contributed by atoms with E-state index in [9.17, 15) is 0 Å². The van der Waals surface area contributed by atoms with Crippen LogP contribution in [0.1, 0.15) is 58.8 Å². The molecular weight excluding hydrogens is 399 g/mol. The van der Waals surface area contributed by atoms with Crippen molar-refractivity contribution in [2.24, 2.45) is 10.4 Å². The average molecular weight is 434 g/mol. The van der Waals surface area contributed by atoms with E-state index in [0.29, 0.717) is 11.5 Å². The van der Waals surface area contributed by atoms with Gasteiger partial charge < -0.3 is 10.2 Å². The lowest BCUT2D eigenvalue weighted by molar-refractivity contribution is 0.151. The van der Waals surface area contributed by atoms with Crippen molar-refractivity contribution in [1.82, 2.24) is 15.1 Å². The molecule has 2 aliphatic heterocycles. The number of rotatable bonds is 4. The monoisotopic (exact) mass is 434 g/mol. The Morgan fingerprint density at radius 1 is 1.13 bits per heavy atom. The zero-order valence-corrected chi connectivity index (χ0v) is 17.3. The van der Waals surface area contributed by atoms with Gasteiger partial charge in [-0.1, -0.05) is 19.8 Å². The minimum absolute atomic E-state index is 0. The van der Waals surface area contributed by atoms with Crippen LogP contribution in [0.25, 0.3) is 0 Å². The fraction of sp³-hybridized carbons (Fsp3) is 0.944. The van der Waals surface area contributed by atoms with Gasteiger partial charge in [-0.3, -0.25) is 9.89 Å². The second-order valence-electron chi connectivity index (χ2n) is 7.50. The summed E-state index contributed by atoms with van der Waals surface area (Å²) in [4.78, 5) is 10.2. The number of nitrogens with one attached hydrogen (secondary N) is 1. The van der Waals surface area contributed by atoms with Gasteiger partial charge in [0.1, 0.15) is 0 Å². The van der Waals surface area contributed by atoms with Gasteiger partial charge in [0.2, 0.25) is 0 Å². The van der Waals surface area contributed by atoms with E-state index in [1.165, 1.54) is 77.1 Å². The van der Waals surface area contributed by atoms with Crippen LogP contribution in [0.5, 0.6) is 0 Å². The maximum absolute atomic E-state index is 5.03. The van der Waals surface area contributed by atoms with Gasteiger partial charge in [0.05, 0.1) is 6.54 Å². The van der Waals surface area contributed by atoms with E-state index in [4.69, 9.17) is 4.99 Å². The summed E-state index contributed by atoms with van der Waals surface area (Å²) in [5.41, 5.74) is 0.649. The van der Waals surface area contributed by atoms with Gasteiger partial charge in [-0.2, -0.15) is 0 Å². The lowest BCUT2D eigenvalue weighted by Gasteiger charge is -2.38. The molecule has 0 amide bonds. The SMILES string of the molecule is CCNC(=NCC1CCCCN1CC)N1CCC2(CCC2)C1.I. The Morgan fingerprint density at radius 3 is 2.57 bits per heavy atom. The molecule has 4 nitrogen and oxygen atoms in total. The molecule has 1 atom stereocenters. The van der Waals surface area contributed by atoms with Gasteiger partial charge in [0, 0.05) is 25.7 Å². The zero-order valence-electron chi connectivity index (χ0n) is 15.0. The molecule has 23 heavy (non-hydrogen) atoms. The standard InChI is InChI=1S/C18H34N4.HI/c1-3-19-17(22-13-11-18(15-22)9-7-10-18)20-14-16-8-5-6-12-21(16)4-2;/h16H,3-15H2,1-2H3,(H,19,20);1H. The quantitative estimate of drug-likeness (QED) is 0.419. The number of hydrogen-bond acceptors (Lipinski definition) is 2. The second-order valence-corrected chi connectivity index (χ2v) is 7.50. The van der Waals surface area contributed by atoms with E-state index in [0.717, 1.165) is 13.1 Å². The Kier molecular flexibility index (Phi) is 7.45. The van der Waals surface area contributed by atoms with E-state index < -0.39 is 0 Å². The van der Waals surface area contributed by atoms with E-state index in [1.54, 1.807) is 0 Å². The fourth-order valence-electron chi connectivity index (χ4n) is 4.50. The van der Waals surface area contributed by atoms with Crippen LogP contribution >= 0.6 is 24.0 Å². The minimum atomic E-state index is 0. The van der Waals surface area contributed by atoms with E-state index in [1.807, 2.05) is 0 Å². The maximum atomic E-state index is 5.03. The number of piperidine rings is 1. The lowest BCUT2D eigenvalue weighted by Crippen LogP contribution is -2.45. The van der Waals surface area contributed by atoms with E-state index >= 15 is 0 Å². The highest BCUT2D eigenvalue weighted by atomic mass is 127. The van der Waals surface area contributed by atoms with Crippen LogP contribution in [-0.4, -0.2) is 61.1 Å². The number of guanidine groups is 1. The molecule has 1 N–H and O–H groups in total. The normalized spacial score (nSPS) is 27.7. The van der Waals surface area contributed by atoms with Crippen LogP contribution < -0.4 is 5.32 Å². The number of halogens is 1. The first-order chi connectivity index (χ1) is 10.8. The third kappa shape index (κ3) is 4.53. The molecule has 0 bridgehead atoms. The van der Waals surface area contributed by atoms with Crippen LogP contribution in [0, 0.1) is 5.41 Å². The number of aliphatic imine (C=N–C) groups is 1. The molecular formula is C18H35IN4. The predicted molar refractivity (Wildman–Crippen MR) is 109 cm³/mol. The molecule has 3 fully saturated rings. The van der Waals surface area contributed by atoms with Gasteiger partial charge in [-0.05, 0) is 57.5 Å². The van der Waals surface area contributed by atoms with Crippen LogP contribution in [0.15, 0.2) is 4.99 Å². The lowest BCUT2D eigenvalue weighted by atomic mass is 9.68. The molecule has 0 aromatic heterocycles. The summed E-state index contributed by atoms with van der Waals surface area (Å²) in [5, 5.41) is 3.54. The molecule has 5 heteroatoms. The van der Waals surface area contributed by atoms with Crippen LogP contribution in [0.2, 0.25) is 0 Å². The van der Waals surface area contributed by atoms with Gasteiger partial charge in [0.15, 0.2) is 5.96 Å². The Balaban J connectivity index is 0.00000192. The summed E-state index contributed by atoms with van der Waals surface area (Å²) in [6.07, 6.45) is 9.75. The topological polar surface area (TPSA) is 30.9 Å². The summed E-state index contributed by atoms with van der Waals surface area (Å²) in [7, 11) is 0. The summed E-state index contributed by atoms with van der Waals surface area (Å²) >= 11 is 0. The Labute approximate surface area is 159 Å². The minimum Gasteiger partial charge on any atom is -0.357 e. The highest BCUT2D eigenvalue weighted by Crippen LogP contribution is 2.47. The van der Waals surface area contributed by atoms with Crippen molar-refractivity contribution in [3.8, 4) is 0 Å². The molecule has 1 saturated carbocycles. The summed E-state index contributed by atoms with van der Waals surface area (Å²) in [6.45, 7) is 11.3. The maximum Gasteiger partial charge on any atom is 0.193 e. The van der Waals surface area contributed by atoms with E-state index in [2.05, 4.69) is 29.0 Å². The van der Waals surface area contributed by atoms with Crippen molar-refractivity contribution in [3.05, 3.63) is 0 Å². The van der Waals surface area contributed by atoms with Crippen LogP contribution in [-0.2, 0) is 0 Å². The molecule has 3 rings (SSSR count). The molecule has 1 aliphatic carbocycles. The largest absolute Gasteiger partial charge is 0.357 e. The molecule has 2 saturated heterocycles. The first kappa shape index (κ1) is 19.3. The molecule has 1 unspecified atom stereocenters. The van der Waals surface area contributed by atoms with E-state index in [-0.39, 0.29) is 24.0 Å². The van der Waals surface area contributed by atoms with Gasteiger partial charge in [-0.25, -0.2) is 0 Å². The van der Waals surface area contributed by atoms with Crippen LogP contribution in [0.4, 0.5) is 0 Å². The predicted octanol–water partition coefficient (Wildman–Crippen LogP) is 3.32. The molecule has 0 radical (unpaired) electrons. The van der Waals surface area contributed by atoms with Gasteiger partial charge in [-0.15, -0.1) is 24.0 Å². The Hall–Kier alpha value is -0.0400. The van der Waals surface area contributed by atoms with Crippen molar-refractivity contribution in [1.29, 1.82) is 0 Å². The van der Waals surface area contributed by atoms with Gasteiger partial charge in [0.25, 0.3) is 0 Å². The van der Waals surface area contributed by atoms with Crippen molar-refractivity contribution >= 4 is 29.9 Å². The molecule has 134 valence electrons. The van der Waals surface area contributed by atoms with Crippen molar-refractivity contribution in [2.45, 2.75) is 64.8 Å². The second kappa shape index (κ2) is 8.88. The smallest absolute Gasteiger partial charge is 0.193 e. The summed E-state index contributed by atoms with van der Waals surface area (Å²) in [5.74, 6) is 1.17. The average Bonchev–Trinajstić information content (AvgIpc) is 2.97. The number of hydrogen-bond donors (Lipinski definition) is 1. The molecule has 0 aromatic carbocycles. The first-order valence-electron chi connectivity index (χ1n) is 9.54. The van der Waals surface area contributed by atoms with Crippen LogP contribution in [0.3, 0.4) is 0 Å². The number of likely N-dealkylation sites (N-methyl/N-ethyl adjacent to an activating group) is 1. The first-order valence-corrected chi connectivity index (χ1v) is 9.54. The highest BCUT2D eigenvalue weighted by Gasteiger charge is 2.43. The molecule has 2 heterocycles. The molecule has 1 spiro atoms. The number of likely N-dealkylation sites (tertiary alicyclic amines) is 2. The fourth-order valence-corrected chi connectivity index (χ4v) is 4.50.